The molecule has 2 rings (SSSR count). The van der Waals surface area contributed by atoms with Gasteiger partial charge in [0.15, 0.2) is 0 Å². The summed E-state index contributed by atoms with van der Waals surface area (Å²) in [5, 5.41) is 9.47. The fourth-order valence-electron chi connectivity index (χ4n) is 2.41. The molecule has 122 valence electrons. The molecule has 1 aliphatic rings. The standard InChI is InChI=1S/C15H22N2O4S/c1-11(2)16-22(20,21)14-5-3-12(4-6-14)15(19)17-9-7-13(18)8-10-17/h3-6,11,13,16,18H,7-10H2,1-2H3. The number of carbonyl (C=O) groups is 1. The molecule has 1 heterocycles. The lowest BCUT2D eigenvalue weighted by Crippen LogP contribution is -2.40. The van der Waals surface area contributed by atoms with Crippen LogP contribution in [0.3, 0.4) is 0 Å². The summed E-state index contributed by atoms with van der Waals surface area (Å²) in [4.78, 5) is 14.2. The van der Waals surface area contributed by atoms with Gasteiger partial charge in [0.2, 0.25) is 10.0 Å². The molecule has 1 aliphatic heterocycles. The van der Waals surface area contributed by atoms with Gasteiger partial charge in [0.25, 0.3) is 5.91 Å². The zero-order chi connectivity index (χ0) is 16.3. The Labute approximate surface area is 131 Å². The predicted octanol–water partition coefficient (Wildman–Crippen LogP) is 0.970. The summed E-state index contributed by atoms with van der Waals surface area (Å²) in [6.45, 7) is 4.55. The lowest BCUT2D eigenvalue weighted by atomic mass is 10.1. The number of nitrogens with one attached hydrogen (secondary N) is 1. The van der Waals surface area contributed by atoms with E-state index in [4.69, 9.17) is 0 Å². The first-order valence-corrected chi connectivity index (χ1v) is 8.87. The molecule has 0 spiro atoms. The fourth-order valence-corrected chi connectivity index (χ4v) is 3.66. The Hall–Kier alpha value is -1.44. The number of nitrogens with zero attached hydrogens (tertiary/aromatic N) is 1. The number of likely N-dealkylation sites (tertiary alicyclic amines) is 1. The number of hydrogen-bond acceptors (Lipinski definition) is 4. The fraction of sp³-hybridized carbons (Fsp3) is 0.533. The van der Waals surface area contributed by atoms with Crippen molar-refractivity contribution in [3.05, 3.63) is 29.8 Å². The molecule has 6 nitrogen and oxygen atoms in total. The van der Waals surface area contributed by atoms with Crippen LogP contribution in [0.1, 0.15) is 37.0 Å². The first-order valence-electron chi connectivity index (χ1n) is 7.39. The van der Waals surface area contributed by atoms with E-state index in [1.54, 1.807) is 18.7 Å². The van der Waals surface area contributed by atoms with E-state index in [2.05, 4.69) is 4.72 Å². The second-order valence-electron chi connectivity index (χ2n) is 5.82. The van der Waals surface area contributed by atoms with Crippen LogP contribution in [-0.2, 0) is 10.0 Å². The normalized spacial score (nSPS) is 17.0. The molecule has 0 aromatic heterocycles. The molecule has 1 aromatic carbocycles. The Morgan fingerprint density at radius 1 is 1.23 bits per heavy atom. The summed E-state index contributed by atoms with van der Waals surface area (Å²) in [6, 6.07) is 5.75. The second kappa shape index (κ2) is 6.76. The van der Waals surface area contributed by atoms with Gasteiger partial charge >= 0.3 is 0 Å². The SMILES string of the molecule is CC(C)NS(=O)(=O)c1ccc(C(=O)N2CCC(O)CC2)cc1. The molecule has 1 saturated heterocycles. The molecule has 0 saturated carbocycles. The quantitative estimate of drug-likeness (QED) is 0.863. The van der Waals surface area contributed by atoms with E-state index < -0.39 is 10.0 Å². The molecule has 22 heavy (non-hydrogen) atoms. The molecule has 0 bridgehead atoms. The molecule has 1 aromatic rings. The van der Waals surface area contributed by atoms with Crippen molar-refractivity contribution in [2.45, 2.75) is 43.7 Å². The third-order valence-electron chi connectivity index (χ3n) is 3.55. The molecular formula is C15H22N2O4S. The average molecular weight is 326 g/mol. The van der Waals surface area contributed by atoms with Crippen molar-refractivity contribution in [3.63, 3.8) is 0 Å². The Balaban J connectivity index is 2.10. The highest BCUT2D eigenvalue weighted by atomic mass is 32.2. The number of aliphatic hydroxyl groups excluding tert-OH is 1. The first kappa shape index (κ1) is 16.9. The Morgan fingerprint density at radius 2 is 1.77 bits per heavy atom. The first-order chi connectivity index (χ1) is 10.3. The molecule has 2 N–H and O–H groups in total. The highest BCUT2D eigenvalue weighted by molar-refractivity contribution is 7.89. The van der Waals surface area contributed by atoms with Gasteiger partial charge in [-0.2, -0.15) is 0 Å². The monoisotopic (exact) mass is 326 g/mol. The van der Waals surface area contributed by atoms with Crippen LogP contribution in [0.25, 0.3) is 0 Å². The van der Waals surface area contributed by atoms with Gasteiger partial charge in [0.1, 0.15) is 0 Å². The minimum Gasteiger partial charge on any atom is -0.393 e. The van der Waals surface area contributed by atoms with E-state index in [0.717, 1.165) is 0 Å². The van der Waals surface area contributed by atoms with Crippen molar-refractivity contribution in [1.29, 1.82) is 0 Å². The number of benzene rings is 1. The third-order valence-corrected chi connectivity index (χ3v) is 5.23. The van der Waals surface area contributed by atoms with Gasteiger partial charge in [-0.25, -0.2) is 13.1 Å². The van der Waals surface area contributed by atoms with Crippen molar-refractivity contribution in [2.75, 3.05) is 13.1 Å². The topological polar surface area (TPSA) is 86.7 Å². The van der Waals surface area contributed by atoms with Gasteiger partial charge in [-0.05, 0) is 51.0 Å². The largest absolute Gasteiger partial charge is 0.393 e. The maximum Gasteiger partial charge on any atom is 0.253 e. The predicted molar refractivity (Wildman–Crippen MR) is 83.0 cm³/mol. The Kier molecular flexibility index (Phi) is 5.20. The Morgan fingerprint density at radius 3 is 2.27 bits per heavy atom. The van der Waals surface area contributed by atoms with Crippen molar-refractivity contribution in [1.82, 2.24) is 9.62 Å². The molecule has 0 unspecified atom stereocenters. The van der Waals surface area contributed by atoms with Gasteiger partial charge in [-0.3, -0.25) is 4.79 Å². The van der Waals surface area contributed by atoms with E-state index in [0.29, 0.717) is 31.5 Å². The highest BCUT2D eigenvalue weighted by Gasteiger charge is 2.23. The van der Waals surface area contributed by atoms with Crippen LogP contribution in [0.4, 0.5) is 0 Å². The number of hydrogen-bond donors (Lipinski definition) is 2. The third kappa shape index (κ3) is 4.06. The summed E-state index contributed by atoms with van der Waals surface area (Å²) in [7, 11) is -3.54. The van der Waals surface area contributed by atoms with Crippen molar-refractivity contribution in [2.24, 2.45) is 0 Å². The van der Waals surface area contributed by atoms with Gasteiger partial charge in [-0.15, -0.1) is 0 Å². The van der Waals surface area contributed by atoms with Gasteiger partial charge < -0.3 is 10.0 Å². The number of sulfonamides is 1. The molecule has 0 aliphatic carbocycles. The van der Waals surface area contributed by atoms with Crippen LogP contribution in [0.2, 0.25) is 0 Å². The van der Waals surface area contributed by atoms with Crippen molar-refractivity contribution >= 4 is 15.9 Å². The van der Waals surface area contributed by atoms with Crippen LogP contribution in [0, 0.1) is 0 Å². The molecule has 1 amide bonds. The summed E-state index contributed by atoms with van der Waals surface area (Å²) in [5.74, 6) is -0.132. The summed E-state index contributed by atoms with van der Waals surface area (Å²) in [5.41, 5.74) is 0.458. The smallest absolute Gasteiger partial charge is 0.253 e. The highest BCUT2D eigenvalue weighted by Crippen LogP contribution is 2.16. The summed E-state index contributed by atoms with van der Waals surface area (Å²) in [6.07, 6.45) is 0.825. The minimum atomic E-state index is -3.54. The molecule has 0 atom stereocenters. The zero-order valence-electron chi connectivity index (χ0n) is 12.8. The minimum absolute atomic E-state index is 0.132. The van der Waals surface area contributed by atoms with Gasteiger partial charge in [-0.1, -0.05) is 0 Å². The van der Waals surface area contributed by atoms with Crippen LogP contribution in [0.5, 0.6) is 0 Å². The van der Waals surface area contributed by atoms with E-state index in [9.17, 15) is 18.3 Å². The second-order valence-corrected chi connectivity index (χ2v) is 7.54. The number of rotatable bonds is 4. The van der Waals surface area contributed by atoms with E-state index >= 15 is 0 Å². The van der Waals surface area contributed by atoms with Crippen LogP contribution < -0.4 is 4.72 Å². The van der Waals surface area contributed by atoms with Crippen LogP contribution in [0.15, 0.2) is 29.2 Å². The van der Waals surface area contributed by atoms with Crippen molar-refractivity contribution in [3.8, 4) is 0 Å². The maximum absolute atomic E-state index is 12.3. The molecule has 7 heteroatoms. The molecular weight excluding hydrogens is 304 g/mol. The maximum atomic E-state index is 12.3. The number of carbonyl (C=O) groups excluding carboxylic acids is 1. The lowest BCUT2D eigenvalue weighted by molar-refractivity contribution is 0.0546. The van der Waals surface area contributed by atoms with Crippen LogP contribution in [-0.4, -0.2) is 49.6 Å². The van der Waals surface area contributed by atoms with Gasteiger partial charge in [0.05, 0.1) is 11.0 Å². The Bertz CT molecular complexity index is 617. The van der Waals surface area contributed by atoms with Crippen molar-refractivity contribution < 1.29 is 18.3 Å². The number of piperidine rings is 1. The molecule has 0 radical (unpaired) electrons. The zero-order valence-corrected chi connectivity index (χ0v) is 13.6. The average Bonchev–Trinajstić information content (AvgIpc) is 2.46. The van der Waals surface area contributed by atoms with Gasteiger partial charge in [0, 0.05) is 24.7 Å². The molecule has 1 fully saturated rings. The summed E-state index contributed by atoms with van der Waals surface area (Å²) < 4.78 is 26.6. The number of amides is 1. The van der Waals surface area contributed by atoms with Crippen LogP contribution >= 0.6 is 0 Å². The lowest BCUT2D eigenvalue weighted by Gasteiger charge is -2.29. The number of aliphatic hydroxyl groups is 1. The van der Waals surface area contributed by atoms with E-state index in [1.807, 2.05) is 0 Å². The van der Waals surface area contributed by atoms with E-state index in [-0.39, 0.29) is 22.9 Å². The van der Waals surface area contributed by atoms with E-state index in [1.165, 1.54) is 24.3 Å². The summed E-state index contributed by atoms with van der Waals surface area (Å²) >= 11 is 0.